The van der Waals surface area contributed by atoms with Gasteiger partial charge in [-0.15, -0.1) is 0 Å². The van der Waals surface area contributed by atoms with Crippen LogP contribution in [0.4, 0.5) is 10.2 Å². The van der Waals surface area contributed by atoms with Crippen molar-refractivity contribution >= 4 is 17.4 Å². The number of nitrogens with zero attached hydrogens (tertiary/aromatic N) is 5. The Morgan fingerprint density at radius 1 is 1.18 bits per heavy atom. The molecule has 4 bridgehead atoms. The van der Waals surface area contributed by atoms with Gasteiger partial charge < -0.3 is 10.2 Å². The number of hydrogen-bond donors (Lipinski definition) is 1. The molecule has 0 aromatic carbocycles. The fourth-order valence-electron chi connectivity index (χ4n) is 4.13. The van der Waals surface area contributed by atoms with E-state index in [0.29, 0.717) is 24.2 Å². The van der Waals surface area contributed by atoms with Crippen LogP contribution in [0.3, 0.4) is 0 Å². The summed E-state index contributed by atoms with van der Waals surface area (Å²) in [5.74, 6) is 0.343. The summed E-state index contributed by atoms with van der Waals surface area (Å²) in [5.41, 5.74) is 2.52. The summed E-state index contributed by atoms with van der Waals surface area (Å²) in [5, 5.41) is 7.18. The zero-order valence-electron chi connectivity index (χ0n) is 15.4. The third-order valence-electron chi connectivity index (χ3n) is 5.50. The number of aromatic nitrogens is 4. The van der Waals surface area contributed by atoms with Gasteiger partial charge in [0.25, 0.3) is 5.91 Å². The van der Waals surface area contributed by atoms with Crippen LogP contribution in [0.25, 0.3) is 5.65 Å². The quantitative estimate of drug-likeness (QED) is 0.649. The van der Waals surface area contributed by atoms with Gasteiger partial charge in [0.15, 0.2) is 5.65 Å². The number of pyridine rings is 1. The van der Waals surface area contributed by atoms with Crippen molar-refractivity contribution in [3.63, 3.8) is 0 Å². The van der Waals surface area contributed by atoms with Gasteiger partial charge in [0.2, 0.25) is 0 Å². The topological polar surface area (TPSA) is 75.4 Å². The van der Waals surface area contributed by atoms with E-state index in [1.165, 1.54) is 6.07 Å². The smallest absolute Gasteiger partial charge is 0.256 e. The maximum atomic E-state index is 14.3. The van der Waals surface area contributed by atoms with Crippen molar-refractivity contribution in [3.8, 4) is 0 Å². The molecule has 144 valence electrons. The van der Waals surface area contributed by atoms with E-state index in [0.717, 1.165) is 49.4 Å². The van der Waals surface area contributed by atoms with Gasteiger partial charge in [-0.3, -0.25) is 9.78 Å². The molecule has 1 atom stereocenters. The van der Waals surface area contributed by atoms with Crippen molar-refractivity contribution in [2.45, 2.75) is 38.1 Å². The number of aryl methyl sites for hydroxylation is 1. The van der Waals surface area contributed by atoms with E-state index in [2.05, 4.69) is 15.3 Å². The number of halogens is 1. The van der Waals surface area contributed by atoms with Crippen molar-refractivity contribution < 1.29 is 9.18 Å². The highest BCUT2D eigenvalue weighted by Gasteiger charge is 2.29. The minimum absolute atomic E-state index is 0.0188. The number of amides is 1. The third kappa shape index (κ3) is 2.98. The molecule has 5 heterocycles. The molecule has 0 saturated carbocycles. The second-order valence-corrected chi connectivity index (χ2v) is 7.38. The Hall–Kier alpha value is -3.03. The van der Waals surface area contributed by atoms with Crippen LogP contribution in [0.5, 0.6) is 0 Å². The van der Waals surface area contributed by atoms with Gasteiger partial charge in [0, 0.05) is 25.0 Å². The summed E-state index contributed by atoms with van der Waals surface area (Å²) in [7, 11) is 0. The van der Waals surface area contributed by atoms with Crippen LogP contribution in [0, 0.1) is 5.82 Å². The number of nitrogens with one attached hydrogen (secondary N) is 1. The average molecular weight is 380 g/mol. The van der Waals surface area contributed by atoms with Crippen LogP contribution in [0.1, 0.15) is 53.5 Å². The zero-order valence-corrected chi connectivity index (χ0v) is 15.4. The minimum Gasteiger partial charge on any atom is -0.352 e. The molecular formula is C20H21FN6O. The van der Waals surface area contributed by atoms with E-state index in [9.17, 15) is 9.18 Å². The van der Waals surface area contributed by atoms with Gasteiger partial charge >= 0.3 is 0 Å². The number of anilines is 1. The first kappa shape index (κ1) is 17.1. The molecule has 1 unspecified atom stereocenters. The van der Waals surface area contributed by atoms with Crippen molar-refractivity contribution in [1.29, 1.82) is 0 Å². The van der Waals surface area contributed by atoms with Crippen LogP contribution < -0.4 is 10.2 Å². The summed E-state index contributed by atoms with van der Waals surface area (Å²) in [6.07, 6.45) is 7.57. The molecule has 3 aromatic rings. The lowest BCUT2D eigenvalue weighted by molar-refractivity contribution is 0.0954. The third-order valence-corrected chi connectivity index (χ3v) is 5.50. The van der Waals surface area contributed by atoms with E-state index in [4.69, 9.17) is 9.97 Å². The van der Waals surface area contributed by atoms with Crippen molar-refractivity contribution in [3.05, 3.63) is 53.4 Å². The van der Waals surface area contributed by atoms with Gasteiger partial charge in [-0.1, -0.05) is 0 Å². The molecule has 0 spiro atoms. The van der Waals surface area contributed by atoms with Crippen molar-refractivity contribution in [1.82, 2.24) is 24.9 Å². The zero-order chi connectivity index (χ0) is 19.1. The molecule has 1 fully saturated rings. The molecular weight excluding hydrogens is 359 g/mol. The molecule has 2 aliphatic rings. The minimum atomic E-state index is -0.244. The summed E-state index contributed by atoms with van der Waals surface area (Å²) >= 11 is 0. The number of hydrogen-bond acceptors (Lipinski definition) is 5. The Labute approximate surface area is 161 Å². The first-order chi connectivity index (χ1) is 13.7. The van der Waals surface area contributed by atoms with Crippen LogP contribution in [-0.4, -0.2) is 38.6 Å². The lowest BCUT2D eigenvalue weighted by atomic mass is 10.1. The lowest BCUT2D eigenvalue weighted by Crippen LogP contribution is -2.25. The predicted molar refractivity (Wildman–Crippen MR) is 102 cm³/mol. The molecule has 2 aliphatic heterocycles. The van der Waals surface area contributed by atoms with Crippen LogP contribution in [0.2, 0.25) is 0 Å². The van der Waals surface area contributed by atoms with E-state index in [1.807, 2.05) is 12.3 Å². The van der Waals surface area contributed by atoms with Gasteiger partial charge in [0.05, 0.1) is 17.9 Å². The molecule has 7 nitrogen and oxygen atoms in total. The second-order valence-electron chi connectivity index (χ2n) is 7.38. The second kappa shape index (κ2) is 6.85. The predicted octanol–water partition coefficient (Wildman–Crippen LogP) is 2.67. The SMILES string of the molecule is O=C1NCCCCc2cc(F)cc(n2)C2CCCN2c2ccn3ncc1c3n2. The van der Waals surface area contributed by atoms with Crippen molar-refractivity contribution in [2.24, 2.45) is 0 Å². The first-order valence-corrected chi connectivity index (χ1v) is 9.74. The van der Waals surface area contributed by atoms with E-state index in [-0.39, 0.29) is 17.8 Å². The fraction of sp³-hybridized carbons (Fsp3) is 0.400. The Bertz CT molecular complexity index is 1050. The van der Waals surface area contributed by atoms with E-state index in [1.54, 1.807) is 16.8 Å². The normalized spacial score (nSPS) is 20.0. The molecule has 1 saturated heterocycles. The van der Waals surface area contributed by atoms with Gasteiger partial charge in [-0.25, -0.2) is 13.9 Å². The standard InChI is InChI=1S/C20H21FN6O/c21-13-10-14-4-1-2-7-22-20(28)15-12-23-27-9-6-18(25-19(15)27)26-8-3-5-17(26)16(11-13)24-14/h6,9-12,17H,1-5,7-8H2,(H,22,28). The summed E-state index contributed by atoms with van der Waals surface area (Å²) in [6.45, 7) is 1.36. The van der Waals surface area contributed by atoms with E-state index < -0.39 is 0 Å². The Balaban J connectivity index is 1.63. The summed E-state index contributed by atoms with van der Waals surface area (Å²) in [6, 6.07) is 4.92. The number of fused-ring (bicyclic) bond motifs is 6. The maximum absolute atomic E-state index is 14.3. The first-order valence-electron chi connectivity index (χ1n) is 9.74. The molecule has 5 rings (SSSR count). The Kier molecular flexibility index (Phi) is 4.18. The molecule has 0 aliphatic carbocycles. The number of carbonyl (C=O) groups is 1. The largest absolute Gasteiger partial charge is 0.352 e. The van der Waals surface area contributed by atoms with Crippen LogP contribution in [-0.2, 0) is 6.42 Å². The molecule has 8 heteroatoms. The van der Waals surface area contributed by atoms with Gasteiger partial charge in [-0.05, 0) is 50.3 Å². The number of carbonyl (C=O) groups excluding carboxylic acids is 1. The Morgan fingerprint density at radius 2 is 2.11 bits per heavy atom. The van der Waals surface area contributed by atoms with Crippen LogP contribution in [0.15, 0.2) is 30.6 Å². The molecule has 28 heavy (non-hydrogen) atoms. The molecule has 3 aromatic heterocycles. The maximum Gasteiger partial charge on any atom is 0.256 e. The molecule has 0 radical (unpaired) electrons. The van der Waals surface area contributed by atoms with Crippen molar-refractivity contribution in [2.75, 3.05) is 18.0 Å². The Morgan fingerprint density at radius 3 is 3.04 bits per heavy atom. The molecule has 1 amide bonds. The monoisotopic (exact) mass is 380 g/mol. The van der Waals surface area contributed by atoms with E-state index >= 15 is 0 Å². The number of rotatable bonds is 0. The molecule has 1 N–H and O–H groups in total. The van der Waals surface area contributed by atoms with Gasteiger partial charge in [0.1, 0.15) is 17.2 Å². The average Bonchev–Trinajstić information content (AvgIpc) is 3.33. The fourth-order valence-corrected chi connectivity index (χ4v) is 4.13. The summed E-state index contributed by atoms with van der Waals surface area (Å²) < 4.78 is 15.9. The van der Waals surface area contributed by atoms with Gasteiger partial charge in [-0.2, -0.15) is 5.10 Å². The highest BCUT2D eigenvalue weighted by molar-refractivity contribution is 5.99. The van der Waals surface area contributed by atoms with Crippen LogP contribution >= 0.6 is 0 Å². The highest BCUT2D eigenvalue weighted by atomic mass is 19.1. The summed E-state index contributed by atoms with van der Waals surface area (Å²) in [4.78, 5) is 24.2. The lowest BCUT2D eigenvalue weighted by Gasteiger charge is -2.25. The highest BCUT2D eigenvalue weighted by Crippen LogP contribution is 2.35.